The van der Waals surface area contributed by atoms with E-state index in [1.807, 2.05) is 6.07 Å². The van der Waals surface area contributed by atoms with Crippen LogP contribution in [0.25, 0.3) is 0 Å². The number of halogens is 1. The first-order chi connectivity index (χ1) is 12.1. The van der Waals surface area contributed by atoms with Crippen molar-refractivity contribution in [3.05, 3.63) is 59.4 Å². The van der Waals surface area contributed by atoms with Crippen LogP contribution in [-0.2, 0) is 27.2 Å². The zero-order chi connectivity index (χ0) is 17.6. The number of benzene rings is 2. The fourth-order valence-electron chi connectivity index (χ4n) is 2.72. The van der Waals surface area contributed by atoms with Crippen molar-refractivity contribution < 1.29 is 18.7 Å². The second-order valence-corrected chi connectivity index (χ2v) is 6.81. The minimum absolute atomic E-state index is 0.0658. The number of nitrogens with one attached hydrogen (secondary N) is 1. The SMILES string of the molecule is O=C(COC(=O)CSc1ccc2c(c1)CCC2)Nc1ccccc1F. The van der Waals surface area contributed by atoms with Crippen LogP contribution in [0.4, 0.5) is 10.1 Å². The van der Waals surface area contributed by atoms with Crippen LogP contribution in [0.3, 0.4) is 0 Å². The van der Waals surface area contributed by atoms with Crippen LogP contribution >= 0.6 is 11.8 Å². The number of esters is 1. The molecule has 0 unspecified atom stereocenters. The van der Waals surface area contributed by atoms with E-state index in [-0.39, 0.29) is 11.4 Å². The monoisotopic (exact) mass is 359 g/mol. The largest absolute Gasteiger partial charge is 0.455 e. The van der Waals surface area contributed by atoms with E-state index in [9.17, 15) is 14.0 Å². The Bertz CT molecular complexity index is 794. The van der Waals surface area contributed by atoms with Crippen molar-refractivity contribution in [2.75, 3.05) is 17.7 Å². The van der Waals surface area contributed by atoms with Crippen molar-refractivity contribution in [1.82, 2.24) is 0 Å². The highest BCUT2D eigenvalue weighted by Crippen LogP contribution is 2.27. The lowest BCUT2D eigenvalue weighted by Gasteiger charge is -2.08. The minimum Gasteiger partial charge on any atom is -0.455 e. The van der Waals surface area contributed by atoms with Crippen LogP contribution in [0.15, 0.2) is 47.4 Å². The first-order valence-electron chi connectivity index (χ1n) is 8.06. The maximum Gasteiger partial charge on any atom is 0.316 e. The summed E-state index contributed by atoms with van der Waals surface area (Å²) in [6, 6.07) is 12.1. The van der Waals surface area contributed by atoms with Crippen LogP contribution in [0.2, 0.25) is 0 Å². The van der Waals surface area contributed by atoms with Gasteiger partial charge in [-0.1, -0.05) is 18.2 Å². The molecule has 0 saturated carbocycles. The van der Waals surface area contributed by atoms with Crippen LogP contribution in [0.5, 0.6) is 0 Å². The van der Waals surface area contributed by atoms with Gasteiger partial charge in [0.05, 0.1) is 11.4 Å². The molecule has 1 aliphatic carbocycles. The van der Waals surface area contributed by atoms with Crippen LogP contribution < -0.4 is 5.32 Å². The molecule has 0 aromatic heterocycles. The number of hydrogen-bond acceptors (Lipinski definition) is 4. The summed E-state index contributed by atoms with van der Waals surface area (Å²) in [6.45, 7) is -0.433. The zero-order valence-electron chi connectivity index (χ0n) is 13.6. The second kappa shape index (κ2) is 8.16. The second-order valence-electron chi connectivity index (χ2n) is 5.76. The van der Waals surface area contributed by atoms with Crippen molar-refractivity contribution in [3.8, 4) is 0 Å². The number of thioether (sulfide) groups is 1. The van der Waals surface area contributed by atoms with Crippen molar-refractivity contribution in [1.29, 1.82) is 0 Å². The molecule has 0 fully saturated rings. The maximum atomic E-state index is 13.4. The molecule has 1 aliphatic rings. The third-order valence-electron chi connectivity index (χ3n) is 3.94. The number of carbonyl (C=O) groups excluding carboxylic acids is 2. The van der Waals surface area contributed by atoms with E-state index in [0.717, 1.165) is 17.7 Å². The first kappa shape index (κ1) is 17.5. The van der Waals surface area contributed by atoms with Crippen molar-refractivity contribution >= 4 is 29.3 Å². The molecule has 0 saturated heterocycles. The van der Waals surface area contributed by atoms with Gasteiger partial charge in [0.1, 0.15) is 5.82 Å². The van der Waals surface area contributed by atoms with Gasteiger partial charge >= 0.3 is 5.97 Å². The molecule has 4 nitrogen and oxygen atoms in total. The summed E-state index contributed by atoms with van der Waals surface area (Å²) in [5, 5.41) is 2.37. The highest BCUT2D eigenvalue weighted by atomic mass is 32.2. The molecule has 0 radical (unpaired) electrons. The Kier molecular flexibility index (Phi) is 5.71. The van der Waals surface area contributed by atoms with Gasteiger partial charge in [-0.05, 0) is 54.7 Å². The molecule has 2 aromatic carbocycles. The van der Waals surface area contributed by atoms with Gasteiger partial charge in [0.2, 0.25) is 0 Å². The number of aryl methyl sites for hydroxylation is 2. The van der Waals surface area contributed by atoms with Gasteiger partial charge < -0.3 is 10.1 Å². The molecular weight excluding hydrogens is 341 g/mol. The summed E-state index contributed by atoms with van der Waals surface area (Å²) in [5.41, 5.74) is 2.80. The normalized spacial score (nSPS) is 12.5. The lowest BCUT2D eigenvalue weighted by Crippen LogP contribution is -2.22. The van der Waals surface area contributed by atoms with Crippen LogP contribution in [0.1, 0.15) is 17.5 Å². The Balaban J connectivity index is 1.42. The van der Waals surface area contributed by atoms with E-state index in [1.54, 1.807) is 6.07 Å². The summed E-state index contributed by atoms with van der Waals surface area (Å²) in [4.78, 5) is 24.5. The van der Waals surface area contributed by atoms with Gasteiger partial charge in [-0.3, -0.25) is 9.59 Å². The quantitative estimate of drug-likeness (QED) is 0.633. The van der Waals surface area contributed by atoms with Gasteiger partial charge in [0, 0.05) is 4.90 Å². The van der Waals surface area contributed by atoms with Gasteiger partial charge in [-0.2, -0.15) is 0 Å². The van der Waals surface area contributed by atoms with Gasteiger partial charge in [-0.25, -0.2) is 4.39 Å². The molecule has 0 heterocycles. The number of ether oxygens (including phenoxy) is 1. The van der Waals surface area contributed by atoms with Gasteiger partial charge in [0.25, 0.3) is 5.91 Å². The summed E-state index contributed by atoms with van der Waals surface area (Å²) >= 11 is 1.39. The maximum absolute atomic E-state index is 13.4. The predicted octanol–water partition coefficient (Wildman–Crippen LogP) is 3.59. The fourth-order valence-corrected chi connectivity index (χ4v) is 3.47. The summed E-state index contributed by atoms with van der Waals surface area (Å²) in [5.74, 6) is -1.45. The smallest absolute Gasteiger partial charge is 0.316 e. The number of para-hydroxylation sites is 1. The number of anilines is 1. The number of carbonyl (C=O) groups is 2. The van der Waals surface area contributed by atoms with Gasteiger partial charge in [0.15, 0.2) is 6.61 Å². The van der Waals surface area contributed by atoms with E-state index in [1.165, 1.54) is 47.5 Å². The molecular formula is C19H18FNO3S. The van der Waals surface area contributed by atoms with E-state index in [0.29, 0.717) is 0 Å². The molecule has 3 rings (SSSR count). The van der Waals surface area contributed by atoms with Crippen molar-refractivity contribution in [3.63, 3.8) is 0 Å². The minimum atomic E-state index is -0.569. The Morgan fingerprint density at radius 1 is 1.12 bits per heavy atom. The molecule has 1 amide bonds. The Morgan fingerprint density at radius 2 is 1.92 bits per heavy atom. The standard InChI is InChI=1S/C19H18FNO3S/c20-16-6-1-2-7-17(16)21-18(22)11-24-19(23)12-25-15-9-8-13-4-3-5-14(13)10-15/h1-2,6-10H,3-5,11-12H2,(H,21,22). The van der Waals surface area contributed by atoms with E-state index in [4.69, 9.17) is 4.74 Å². The molecule has 2 aromatic rings. The highest BCUT2D eigenvalue weighted by Gasteiger charge is 2.13. The number of rotatable bonds is 6. The summed E-state index contributed by atoms with van der Waals surface area (Å²) in [7, 11) is 0. The lowest BCUT2D eigenvalue weighted by atomic mass is 10.1. The average molecular weight is 359 g/mol. The van der Waals surface area contributed by atoms with E-state index in [2.05, 4.69) is 17.4 Å². The van der Waals surface area contributed by atoms with Crippen molar-refractivity contribution in [2.24, 2.45) is 0 Å². The molecule has 1 N–H and O–H groups in total. The fraction of sp³-hybridized carbons (Fsp3) is 0.263. The third kappa shape index (κ3) is 4.82. The zero-order valence-corrected chi connectivity index (χ0v) is 14.4. The lowest BCUT2D eigenvalue weighted by molar-refractivity contribution is -0.144. The number of amides is 1. The molecule has 6 heteroatoms. The first-order valence-corrected chi connectivity index (χ1v) is 9.05. The molecule has 0 spiro atoms. The van der Waals surface area contributed by atoms with Crippen LogP contribution in [-0.4, -0.2) is 24.2 Å². The number of fused-ring (bicyclic) bond motifs is 1. The molecule has 0 atom stereocenters. The van der Waals surface area contributed by atoms with Crippen molar-refractivity contribution in [2.45, 2.75) is 24.2 Å². The highest BCUT2D eigenvalue weighted by molar-refractivity contribution is 8.00. The van der Waals surface area contributed by atoms with E-state index < -0.39 is 24.3 Å². The molecule has 130 valence electrons. The predicted molar refractivity (Wildman–Crippen MR) is 95.2 cm³/mol. The molecule has 25 heavy (non-hydrogen) atoms. The Hall–Kier alpha value is -2.34. The van der Waals surface area contributed by atoms with Crippen LogP contribution in [0, 0.1) is 5.82 Å². The topological polar surface area (TPSA) is 55.4 Å². The molecule has 0 aliphatic heterocycles. The van der Waals surface area contributed by atoms with Gasteiger partial charge in [-0.15, -0.1) is 11.8 Å². The Morgan fingerprint density at radius 3 is 2.76 bits per heavy atom. The van der Waals surface area contributed by atoms with E-state index >= 15 is 0 Å². The Labute approximate surface area is 149 Å². The third-order valence-corrected chi connectivity index (χ3v) is 4.91. The summed E-state index contributed by atoms with van der Waals surface area (Å²) < 4.78 is 18.4. The number of hydrogen-bond donors (Lipinski definition) is 1. The average Bonchev–Trinajstić information content (AvgIpc) is 3.08. The summed E-state index contributed by atoms with van der Waals surface area (Å²) in [6.07, 6.45) is 3.40. The molecule has 0 bridgehead atoms.